The fourth-order valence-electron chi connectivity index (χ4n) is 3.53. The monoisotopic (exact) mass is 442 g/mol. The first-order valence-electron chi connectivity index (χ1n) is 9.32. The number of thioether (sulfide) groups is 1. The van der Waals surface area contributed by atoms with Crippen LogP contribution in [0.4, 0.5) is 0 Å². The van der Waals surface area contributed by atoms with Gasteiger partial charge >= 0.3 is 5.97 Å². The molecule has 0 spiro atoms. The van der Waals surface area contributed by atoms with Gasteiger partial charge in [-0.25, -0.2) is 0 Å². The average molecular weight is 442 g/mol. The number of carbonyl (C=O) groups excluding carboxylic acids is 3. The van der Waals surface area contributed by atoms with E-state index in [4.69, 9.17) is 10.5 Å². The van der Waals surface area contributed by atoms with E-state index in [0.717, 1.165) is 11.8 Å². The lowest BCUT2D eigenvalue weighted by Gasteiger charge is -2.33. The molecule has 3 rings (SSSR count). The quantitative estimate of drug-likeness (QED) is 0.676. The van der Waals surface area contributed by atoms with Gasteiger partial charge in [0.25, 0.3) is 5.91 Å². The molecule has 0 bridgehead atoms. The zero-order valence-electron chi connectivity index (χ0n) is 17.5. The van der Waals surface area contributed by atoms with Gasteiger partial charge in [-0.05, 0) is 17.7 Å². The molecule has 1 fully saturated rings. The van der Waals surface area contributed by atoms with Gasteiger partial charge in [-0.1, -0.05) is 23.9 Å². The summed E-state index contributed by atoms with van der Waals surface area (Å²) < 4.78 is 9.99. The highest BCUT2D eigenvalue weighted by atomic mass is 32.2. The number of ether oxygens (including phenoxy) is 2. The largest absolute Gasteiger partial charge is 0.497 e. The second kappa shape index (κ2) is 8.73. The van der Waals surface area contributed by atoms with Crippen molar-refractivity contribution in [3.63, 3.8) is 0 Å². The van der Waals surface area contributed by atoms with Gasteiger partial charge in [-0.15, -0.1) is 0 Å². The number of likely N-dealkylation sites (N-methyl/N-ethyl adjacent to an activating group) is 1. The van der Waals surface area contributed by atoms with E-state index < -0.39 is 23.0 Å². The third-order valence-electron chi connectivity index (χ3n) is 5.04. The molecule has 2 heterocycles. The van der Waals surface area contributed by atoms with Crippen LogP contribution in [-0.4, -0.2) is 61.1 Å². The highest BCUT2D eigenvalue weighted by molar-refractivity contribution is 8.04. The third-order valence-corrected chi connectivity index (χ3v) is 6.32. The number of amides is 2. The number of carbonyl (C=O) groups is 3. The van der Waals surface area contributed by atoms with E-state index in [-0.39, 0.29) is 29.3 Å². The summed E-state index contributed by atoms with van der Waals surface area (Å²) in [6.45, 7) is 0. The summed E-state index contributed by atoms with van der Waals surface area (Å²) in [4.78, 5) is 40.6. The normalized spacial score (nSPS) is 20.4. The first kappa shape index (κ1) is 22.2. The molecule has 10 heteroatoms. The Morgan fingerprint density at radius 3 is 2.61 bits per heavy atom. The molecule has 0 saturated carbocycles. The van der Waals surface area contributed by atoms with Crippen LogP contribution in [0.25, 0.3) is 0 Å². The van der Waals surface area contributed by atoms with Gasteiger partial charge < -0.3 is 20.1 Å². The third kappa shape index (κ3) is 3.84. The molecule has 1 saturated heterocycles. The average Bonchev–Trinajstić information content (AvgIpc) is 3.08. The Labute approximate surface area is 184 Å². The van der Waals surface area contributed by atoms with Crippen molar-refractivity contribution in [2.24, 2.45) is 5.73 Å². The number of allylic oxidation sites excluding steroid dienone is 1. The molecule has 0 aromatic heterocycles. The Balaban J connectivity index is 2.24. The lowest BCUT2D eigenvalue weighted by molar-refractivity contribution is -0.142. The number of methoxy groups -OCH3 is 2. The van der Waals surface area contributed by atoms with E-state index in [1.165, 1.54) is 24.0 Å². The highest BCUT2D eigenvalue weighted by Gasteiger charge is 2.48. The maximum atomic E-state index is 13.3. The number of hydrogen-bond donors (Lipinski definition) is 1. The molecular formula is C21H22N4O5S. The van der Waals surface area contributed by atoms with Gasteiger partial charge in [-0.3, -0.25) is 19.3 Å². The predicted octanol–water partition coefficient (Wildman–Crippen LogP) is 1.29. The van der Waals surface area contributed by atoms with E-state index in [1.807, 2.05) is 0 Å². The maximum absolute atomic E-state index is 13.3. The zero-order chi connectivity index (χ0) is 22.9. The standard InChI is InChI=1S/C21H22N4O5S/c1-24(2)20(28)17-16(11-6-5-7-12(8-11)29-3)13(10-22)18(23)25-19(27)14(31-21(17)25)9-15(26)30-4/h5-8,14,16H,9,23H2,1-4H3/t14-,16-/m1/s1. The molecule has 1 aromatic carbocycles. The number of benzene rings is 1. The van der Waals surface area contributed by atoms with Crippen LogP contribution in [0.15, 0.2) is 46.3 Å². The first-order chi connectivity index (χ1) is 14.7. The molecule has 0 aliphatic carbocycles. The van der Waals surface area contributed by atoms with Crippen LogP contribution in [0.1, 0.15) is 17.9 Å². The number of esters is 1. The first-order valence-corrected chi connectivity index (χ1v) is 10.2. The topological polar surface area (TPSA) is 126 Å². The fourth-order valence-corrected chi connectivity index (χ4v) is 4.85. The van der Waals surface area contributed by atoms with Crippen LogP contribution in [0, 0.1) is 11.3 Å². The Bertz CT molecular complexity index is 1060. The van der Waals surface area contributed by atoms with Crippen LogP contribution >= 0.6 is 11.8 Å². The van der Waals surface area contributed by atoms with E-state index in [9.17, 15) is 19.6 Å². The zero-order valence-corrected chi connectivity index (χ0v) is 18.4. The predicted molar refractivity (Wildman–Crippen MR) is 113 cm³/mol. The van der Waals surface area contributed by atoms with E-state index in [2.05, 4.69) is 10.8 Å². The smallest absolute Gasteiger partial charge is 0.307 e. The molecule has 2 amide bonds. The summed E-state index contributed by atoms with van der Waals surface area (Å²) >= 11 is 1.08. The van der Waals surface area contributed by atoms with Crippen molar-refractivity contribution in [3.05, 3.63) is 51.8 Å². The van der Waals surface area contributed by atoms with E-state index in [0.29, 0.717) is 16.3 Å². The van der Waals surface area contributed by atoms with Crippen molar-refractivity contribution in [1.29, 1.82) is 5.26 Å². The molecular weight excluding hydrogens is 420 g/mol. The summed E-state index contributed by atoms with van der Waals surface area (Å²) in [5.41, 5.74) is 7.22. The number of nitriles is 1. The van der Waals surface area contributed by atoms with Crippen LogP contribution in [0.2, 0.25) is 0 Å². The Hall–Kier alpha value is -3.45. The van der Waals surface area contributed by atoms with Crippen LogP contribution < -0.4 is 10.5 Å². The molecule has 0 radical (unpaired) electrons. The van der Waals surface area contributed by atoms with Crippen LogP contribution in [0.5, 0.6) is 5.75 Å². The highest BCUT2D eigenvalue weighted by Crippen LogP contribution is 2.50. The van der Waals surface area contributed by atoms with Crippen LogP contribution in [0.3, 0.4) is 0 Å². The minimum Gasteiger partial charge on any atom is -0.497 e. The van der Waals surface area contributed by atoms with Crippen molar-refractivity contribution < 1.29 is 23.9 Å². The molecule has 2 N–H and O–H groups in total. The Morgan fingerprint density at radius 1 is 1.32 bits per heavy atom. The van der Waals surface area contributed by atoms with Gasteiger partial charge in [0, 0.05) is 14.1 Å². The van der Waals surface area contributed by atoms with Gasteiger partial charge in [0.2, 0.25) is 5.91 Å². The Kier molecular flexibility index (Phi) is 6.27. The number of nitrogens with two attached hydrogens (primary N) is 1. The minimum absolute atomic E-state index is 0.0505. The SMILES string of the molecule is COC(=O)C[C@H]1SC2=C(C(=O)N(C)C)[C@H](c3cccc(OC)c3)C(C#N)=C(N)N2C1=O. The molecule has 2 aliphatic rings. The summed E-state index contributed by atoms with van der Waals surface area (Å²) in [5, 5.41) is 9.44. The lowest BCUT2D eigenvalue weighted by Crippen LogP contribution is -2.40. The lowest BCUT2D eigenvalue weighted by atomic mass is 9.82. The maximum Gasteiger partial charge on any atom is 0.307 e. The molecule has 31 heavy (non-hydrogen) atoms. The molecule has 9 nitrogen and oxygen atoms in total. The van der Waals surface area contributed by atoms with Crippen molar-refractivity contribution >= 4 is 29.5 Å². The number of fused-ring (bicyclic) bond motifs is 1. The number of nitrogens with zero attached hydrogens (tertiary/aromatic N) is 3. The molecule has 2 aliphatic heterocycles. The van der Waals surface area contributed by atoms with Crippen LogP contribution in [-0.2, 0) is 19.1 Å². The van der Waals surface area contributed by atoms with Crippen molar-refractivity contribution in [2.75, 3.05) is 28.3 Å². The van der Waals surface area contributed by atoms with Crippen molar-refractivity contribution in [2.45, 2.75) is 17.6 Å². The Morgan fingerprint density at radius 2 is 2.03 bits per heavy atom. The summed E-state index contributed by atoms with van der Waals surface area (Å²) in [6, 6.07) is 9.07. The van der Waals surface area contributed by atoms with Gasteiger partial charge in [0.15, 0.2) is 0 Å². The summed E-state index contributed by atoms with van der Waals surface area (Å²) in [6.07, 6.45) is -0.178. The minimum atomic E-state index is -0.810. The summed E-state index contributed by atoms with van der Waals surface area (Å²) in [5.74, 6) is -1.69. The van der Waals surface area contributed by atoms with Gasteiger partial charge in [0.1, 0.15) is 16.8 Å². The molecule has 2 atom stereocenters. The molecule has 162 valence electrons. The van der Waals surface area contributed by atoms with Gasteiger partial charge in [-0.2, -0.15) is 5.26 Å². The van der Waals surface area contributed by atoms with Crippen molar-refractivity contribution in [1.82, 2.24) is 9.80 Å². The molecule has 1 aromatic rings. The second-order valence-electron chi connectivity index (χ2n) is 7.10. The van der Waals surface area contributed by atoms with Gasteiger partial charge in [0.05, 0.1) is 48.8 Å². The van der Waals surface area contributed by atoms with Crippen molar-refractivity contribution in [3.8, 4) is 11.8 Å². The fraction of sp³-hybridized carbons (Fsp3) is 0.333. The molecule has 0 unspecified atom stereocenters. The number of rotatable bonds is 5. The second-order valence-corrected chi connectivity index (χ2v) is 8.29. The van der Waals surface area contributed by atoms with E-state index >= 15 is 0 Å². The number of hydrogen-bond acceptors (Lipinski definition) is 8. The summed E-state index contributed by atoms with van der Waals surface area (Å²) in [7, 11) is 5.93. The van der Waals surface area contributed by atoms with E-state index in [1.54, 1.807) is 38.4 Å².